The molecule has 0 aromatic carbocycles. The second-order valence-corrected chi connectivity index (χ2v) is 4.95. The lowest BCUT2D eigenvalue weighted by Crippen LogP contribution is -2.19. The normalized spacial score (nSPS) is 15.0. The first kappa shape index (κ1) is 12.2. The number of amides is 1. The molecule has 0 saturated carbocycles. The standard InChI is InChI=1S/C12H17N3OS/c1-17-9-12(16)14-10-4-5-11(13-8-10)15-6-2-3-7-15/h4-5,8H,2-3,6-7,9H2,1H3,(H,14,16). The molecule has 1 fully saturated rings. The van der Waals surface area contributed by atoms with Crippen LogP contribution in [0.1, 0.15) is 12.8 Å². The predicted molar refractivity (Wildman–Crippen MR) is 72.7 cm³/mol. The fraction of sp³-hybridized carbons (Fsp3) is 0.500. The highest BCUT2D eigenvalue weighted by molar-refractivity contribution is 7.99. The third kappa shape index (κ3) is 3.36. The van der Waals surface area contributed by atoms with Crippen LogP contribution in [-0.2, 0) is 4.79 Å². The molecule has 4 nitrogen and oxygen atoms in total. The minimum absolute atomic E-state index is 0.0215. The molecule has 1 aromatic heterocycles. The Hall–Kier alpha value is -1.23. The van der Waals surface area contributed by atoms with Crippen molar-refractivity contribution in [1.29, 1.82) is 0 Å². The summed E-state index contributed by atoms with van der Waals surface area (Å²) in [6.45, 7) is 2.18. The monoisotopic (exact) mass is 251 g/mol. The van der Waals surface area contributed by atoms with Crippen molar-refractivity contribution in [2.24, 2.45) is 0 Å². The van der Waals surface area contributed by atoms with Gasteiger partial charge in [0.05, 0.1) is 17.6 Å². The summed E-state index contributed by atoms with van der Waals surface area (Å²) in [5, 5.41) is 2.82. The smallest absolute Gasteiger partial charge is 0.234 e. The van der Waals surface area contributed by atoms with Gasteiger partial charge in [-0.05, 0) is 31.2 Å². The van der Waals surface area contributed by atoms with Crippen LogP contribution < -0.4 is 10.2 Å². The third-order valence-corrected chi connectivity index (χ3v) is 3.29. The Kier molecular flexibility index (Phi) is 4.25. The molecule has 92 valence electrons. The molecule has 0 unspecified atom stereocenters. The van der Waals surface area contributed by atoms with Gasteiger partial charge in [0.2, 0.25) is 5.91 Å². The molecule has 1 N–H and O–H groups in total. The van der Waals surface area contributed by atoms with Crippen molar-refractivity contribution in [3.05, 3.63) is 18.3 Å². The van der Waals surface area contributed by atoms with Gasteiger partial charge in [-0.15, -0.1) is 0 Å². The number of hydrogen-bond acceptors (Lipinski definition) is 4. The molecule has 2 heterocycles. The number of pyridine rings is 1. The number of rotatable bonds is 4. The maximum atomic E-state index is 11.4. The van der Waals surface area contributed by atoms with E-state index in [0.29, 0.717) is 5.75 Å². The van der Waals surface area contributed by atoms with Crippen molar-refractivity contribution in [1.82, 2.24) is 4.98 Å². The number of thioether (sulfide) groups is 1. The Morgan fingerprint density at radius 3 is 2.82 bits per heavy atom. The number of nitrogens with one attached hydrogen (secondary N) is 1. The summed E-state index contributed by atoms with van der Waals surface area (Å²) in [5.41, 5.74) is 0.770. The average molecular weight is 251 g/mol. The predicted octanol–water partition coefficient (Wildman–Crippen LogP) is 1.98. The van der Waals surface area contributed by atoms with E-state index in [1.165, 1.54) is 24.6 Å². The Morgan fingerprint density at radius 2 is 2.24 bits per heavy atom. The number of carbonyl (C=O) groups is 1. The third-order valence-electron chi connectivity index (χ3n) is 2.74. The van der Waals surface area contributed by atoms with Gasteiger partial charge in [0.1, 0.15) is 5.82 Å². The largest absolute Gasteiger partial charge is 0.357 e. The van der Waals surface area contributed by atoms with E-state index in [1.807, 2.05) is 18.4 Å². The molecule has 0 aliphatic carbocycles. The SMILES string of the molecule is CSCC(=O)Nc1ccc(N2CCCC2)nc1. The van der Waals surface area contributed by atoms with Gasteiger partial charge in [-0.3, -0.25) is 4.79 Å². The minimum atomic E-state index is 0.0215. The maximum Gasteiger partial charge on any atom is 0.234 e. The Labute approximate surface area is 106 Å². The summed E-state index contributed by atoms with van der Waals surface area (Å²) in [4.78, 5) is 18.0. The van der Waals surface area contributed by atoms with Crippen LogP contribution in [0.2, 0.25) is 0 Å². The summed E-state index contributed by atoms with van der Waals surface area (Å²) >= 11 is 1.51. The Morgan fingerprint density at radius 1 is 1.47 bits per heavy atom. The number of hydrogen-bond donors (Lipinski definition) is 1. The van der Waals surface area contributed by atoms with E-state index < -0.39 is 0 Å². The lowest BCUT2D eigenvalue weighted by atomic mass is 10.4. The van der Waals surface area contributed by atoms with Crippen molar-refractivity contribution < 1.29 is 4.79 Å². The molecule has 0 atom stereocenters. The van der Waals surface area contributed by atoms with Gasteiger partial charge < -0.3 is 10.2 Å². The molecule has 0 bridgehead atoms. The molecule has 5 heteroatoms. The van der Waals surface area contributed by atoms with Crippen molar-refractivity contribution in [2.45, 2.75) is 12.8 Å². The fourth-order valence-electron chi connectivity index (χ4n) is 1.92. The van der Waals surface area contributed by atoms with Crippen LogP contribution in [0.4, 0.5) is 11.5 Å². The maximum absolute atomic E-state index is 11.4. The second kappa shape index (κ2) is 5.91. The van der Waals surface area contributed by atoms with Gasteiger partial charge in [-0.2, -0.15) is 11.8 Å². The minimum Gasteiger partial charge on any atom is -0.357 e. The van der Waals surface area contributed by atoms with E-state index in [-0.39, 0.29) is 5.91 Å². The summed E-state index contributed by atoms with van der Waals surface area (Å²) < 4.78 is 0. The average Bonchev–Trinajstić information content (AvgIpc) is 2.84. The van der Waals surface area contributed by atoms with Crippen molar-refractivity contribution in [2.75, 3.05) is 35.3 Å². The molecule has 17 heavy (non-hydrogen) atoms. The quantitative estimate of drug-likeness (QED) is 0.889. The highest BCUT2D eigenvalue weighted by Crippen LogP contribution is 2.19. The van der Waals surface area contributed by atoms with Gasteiger partial charge >= 0.3 is 0 Å². The zero-order valence-electron chi connectivity index (χ0n) is 9.98. The number of nitrogens with zero attached hydrogens (tertiary/aromatic N) is 2. The van der Waals surface area contributed by atoms with E-state index in [9.17, 15) is 4.79 Å². The number of carbonyl (C=O) groups excluding carboxylic acids is 1. The number of aromatic nitrogens is 1. The first-order valence-corrected chi connectivity index (χ1v) is 7.19. The topological polar surface area (TPSA) is 45.2 Å². The van der Waals surface area contributed by atoms with Gasteiger partial charge in [0, 0.05) is 13.1 Å². The van der Waals surface area contributed by atoms with Crippen LogP contribution in [0.3, 0.4) is 0 Å². The molecule has 0 spiro atoms. The summed E-state index contributed by atoms with van der Waals surface area (Å²) in [5.74, 6) is 1.51. The van der Waals surface area contributed by atoms with Crippen LogP contribution in [-0.4, -0.2) is 36.0 Å². The van der Waals surface area contributed by atoms with Crippen molar-refractivity contribution in [3.63, 3.8) is 0 Å². The summed E-state index contributed by atoms with van der Waals surface area (Å²) in [6.07, 6.45) is 6.13. The lowest BCUT2D eigenvalue weighted by molar-refractivity contribution is -0.113. The van der Waals surface area contributed by atoms with Crippen molar-refractivity contribution >= 4 is 29.2 Å². The molecular formula is C12H17N3OS. The molecule has 1 saturated heterocycles. The molecule has 1 amide bonds. The van der Waals surface area contributed by atoms with E-state index in [1.54, 1.807) is 6.20 Å². The Balaban J connectivity index is 1.95. The highest BCUT2D eigenvalue weighted by Gasteiger charge is 2.13. The second-order valence-electron chi connectivity index (χ2n) is 4.08. The van der Waals surface area contributed by atoms with Crippen LogP contribution in [0.5, 0.6) is 0 Å². The lowest BCUT2D eigenvalue weighted by Gasteiger charge is -2.16. The molecule has 1 aliphatic rings. The zero-order chi connectivity index (χ0) is 12.1. The zero-order valence-corrected chi connectivity index (χ0v) is 10.8. The van der Waals surface area contributed by atoms with Crippen LogP contribution in [0.15, 0.2) is 18.3 Å². The van der Waals surface area contributed by atoms with Crippen molar-refractivity contribution in [3.8, 4) is 0 Å². The van der Waals surface area contributed by atoms with E-state index in [0.717, 1.165) is 24.6 Å². The molecule has 2 rings (SSSR count). The first-order valence-electron chi connectivity index (χ1n) is 5.79. The van der Waals surface area contributed by atoms with Crippen LogP contribution >= 0.6 is 11.8 Å². The van der Waals surface area contributed by atoms with E-state index in [4.69, 9.17) is 0 Å². The first-order chi connectivity index (χ1) is 8.29. The van der Waals surface area contributed by atoms with Gasteiger partial charge in [0.25, 0.3) is 0 Å². The highest BCUT2D eigenvalue weighted by atomic mass is 32.2. The number of anilines is 2. The summed E-state index contributed by atoms with van der Waals surface area (Å²) in [7, 11) is 0. The Bertz CT molecular complexity index is 374. The van der Waals surface area contributed by atoms with Gasteiger partial charge in [-0.1, -0.05) is 0 Å². The fourth-order valence-corrected chi connectivity index (χ4v) is 2.26. The van der Waals surface area contributed by atoms with Crippen LogP contribution in [0.25, 0.3) is 0 Å². The van der Waals surface area contributed by atoms with Crippen LogP contribution in [0, 0.1) is 0 Å². The van der Waals surface area contributed by atoms with E-state index >= 15 is 0 Å². The van der Waals surface area contributed by atoms with Gasteiger partial charge in [0.15, 0.2) is 0 Å². The van der Waals surface area contributed by atoms with Gasteiger partial charge in [-0.25, -0.2) is 4.98 Å². The molecule has 0 radical (unpaired) electrons. The molecule has 1 aliphatic heterocycles. The molecular weight excluding hydrogens is 234 g/mol. The summed E-state index contributed by atoms with van der Waals surface area (Å²) in [6, 6.07) is 3.89. The van der Waals surface area contributed by atoms with E-state index in [2.05, 4.69) is 15.2 Å². The molecule has 1 aromatic rings.